The minimum absolute atomic E-state index is 0.451. The lowest BCUT2D eigenvalue weighted by Gasteiger charge is -2.25. The monoisotopic (exact) mass is 240 g/mol. The van der Waals surface area contributed by atoms with Crippen molar-refractivity contribution in [2.24, 2.45) is 0 Å². The third kappa shape index (κ3) is 1.57. The summed E-state index contributed by atoms with van der Waals surface area (Å²) in [6.07, 6.45) is 4.62. The van der Waals surface area contributed by atoms with Crippen molar-refractivity contribution < 1.29 is 4.74 Å². The molecule has 0 bridgehead atoms. The van der Waals surface area contributed by atoms with E-state index in [1.807, 2.05) is 0 Å². The zero-order valence-corrected chi connectivity index (χ0v) is 10.3. The zero-order chi connectivity index (χ0) is 11.1. The molecule has 1 aromatic heterocycles. The predicted octanol–water partition coefficient (Wildman–Crippen LogP) is 2.94. The summed E-state index contributed by atoms with van der Waals surface area (Å²) in [7, 11) is 0. The molecule has 0 aliphatic carbocycles. The standard InChI is InChI=1S/C12H17ClN2O/c1-8-3-2-4-10-11(13)14-12(15(8)10)9-5-6-16-7-9/h8-9H,2-7H2,1H3. The van der Waals surface area contributed by atoms with E-state index < -0.39 is 0 Å². The van der Waals surface area contributed by atoms with E-state index in [1.165, 1.54) is 18.5 Å². The Hall–Kier alpha value is -0.540. The molecule has 4 heteroatoms. The van der Waals surface area contributed by atoms with Crippen molar-refractivity contribution >= 4 is 11.6 Å². The second-order valence-electron chi connectivity index (χ2n) is 4.88. The number of nitrogens with zero attached hydrogens (tertiary/aromatic N) is 2. The number of rotatable bonds is 1. The third-order valence-electron chi connectivity index (χ3n) is 3.76. The Kier molecular flexibility index (Phi) is 2.68. The van der Waals surface area contributed by atoms with Crippen molar-refractivity contribution in [1.82, 2.24) is 9.55 Å². The first-order valence-electron chi connectivity index (χ1n) is 6.11. The van der Waals surface area contributed by atoms with Gasteiger partial charge >= 0.3 is 0 Å². The predicted molar refractivity (Wildman–Crippen MR) is 63.1 cm³/mol. The Morgan fingerprint density at radius 3 is 3.06 bits per heavy atom. The molecule has 1 fully saturated rings. The summed E-state index contributed by atoms with van der Waals surface area (Å²) in [5.74, 6) is 1.61. The number of hydrogen-bond donors (Lipinski definition) is 0. The molecule has 0 N–H and O–H groups in total. The van der Waals surface area contributed by atoms with Crippen LogP contribution in [0.1, 0.15) is 49.7 Å². The van der Waals surface area contributed by atoms with Crippen LogP contribution in [0.5, 0.6) is 0 Å². The molecule has 88 valence electrons. The third-order valence-corrected chi connectivity index (χ3v) is 4.06. The first kappa shape index (κ1) is 10.6. The van der Waals surface area contributed by atoms with Crippen molar-refractivity contribution in [2.75, 3.05) is 13.2 Å². The van der Waals surface area contributed by atoms with E-state index in [2.05, 4.69) is 16.5 Å². The summed E-state index contributed by atoms with van der Waals surface area (Å²) in [5.41, 5.74) is 1.24. The maximum atomic E-state index is 6.23. The highest BCUT2D eigenvalue weighted by atomic mass is 35.5. The summed E-state index contributed by atoms with van der Waals surface area (Å²) in [5, 5.41) is 0.716. The van der Waals surface area contributed by atoms with Crippen LogP contribution >= 0.6 is 11.6 Å². The van der Waals surface area contributed by atoms with Crippen LogP contribution in [0.15, 0.2) is 0 Å². The molecular formula is C12H17ClN2O. The van der Waals surface area contributed by atoms with Crippen LogP contribution < -0.4 is 0 Å². The molecule has 2 unspecified atom stereocenters. The fraction of sp³-hybridized carbons (Fsp3) is 0.750. The van der Waals surface area contributed by atoms with Gasteiger partial charge in [-0.1, -0.05) is 11.6 Å². The van der Waals surface area contributed by atoms with Gasteiger partial charge in [0, 0.05) is 18.6 Å². The highest BCUT2D eigenvalue weighted by Crippen LogP contribution is 2.35. The van der Waals surface area contributed by atoms with Gasteiger partial charge in [0.1, 0.15) is 5.82 Å². The number of hydrogen-bond acceptors (Lipinski definition) is 2. The molecule has 0 saturated carbocycles. The fourth-order valence-electron chi connectivity index (χ4n) is 2.89. The largest absolute Gasteiger partial charge is 0.381 e. The van der Waals surface area contributed by atoms with Crippen LogP contribution in [-0.2, 0) is 11.2 Å². The Morgan fingerprint density at radius 1 is 1.44 bits per heavy atom. The van der Waals surface area contributed by atoms with Crippen LogP contribution in [0.4, 0.5) is 0 Å². The van der Waals surface area contributed by atoms with E-state index in [-0.39, 0.29) is 0 Å². The first-order chi connectivity index (χ1) is 7.77. The lowest BCUT2D eigenvalue weighted by atomic mass is 10.0. The number of imidazole rings is 1. The van der Waals surface area contributed by atoms with Gasteiger partial charge in [-0.15, -0.1) is 0 Å². The van der Waals surface area contributed by atoms with Crippen molar-refractivity contribution in [3.63, 3.8) is 0 Å². The van der Waals surface area contributed by atoms with Gasteiger partial charge in [-0.25, -0.2) is 4.98 Å². The number of fused-ring (bicyclic) bond motifs is 1. The summed E-state index contributed by atoms with van der Waals surface area (Å²) >= 11 is 6.23. The van der Waals surface area contributed by atoms with Crippen molar-refractivity contribution in [3.8, 4) is 0 Å². The minimum atomic E-state index is 0.451. The molecule has 0 amide bonds. The van der Waals surface area contributed by atoms with Gasteiger partial charge in [0.15, 0.2) is 5.15 Å². The van der Waals surface area contributed by atoms with E-state index in [0.29, 0.717) is 17.1 Å². The Bertz CT molecular complexity index is 396. The van der Waals surface area contributed by atoms with Crippen LogP contribution in [0.25, 0.3) is 0 Å². The fourth-order valence-corrected chi connectivity index (χ4v) is 3.16. The normalized spacial score (nSPS) is 29.4. The molecule has 0 spiro atoms. The van der Waals surface area contributed by atoms with E-state index in [9.17, 15) is 0 Å². The Labute approximate surface area is 101 Å². The molecule has 3 rings (SSSR count). The summed E-state index contributed by atoms with van der Waals surface area (Å²) < 4.78 is 7.82. The minimum Gasteiger partial charge on any atom is -0.381 e. The number of aromatic nitrogens is 2. The van der Waals surface area contributed by atoms with E-state index in [0.717, 1.165) is 31.9 Å². The molecule has 0 aromatic carbocycles. The molecule has 3 nitrogen and oxygen atoms in total. The molecule has 3 heterocycles. The SMILES string of the molecule is CC1CCCc2c(Cl)nc(C3CCOC3)n21. The van der Waals surface area contributed by atoms with Crippen LogP contribution in [0.2, 0.25) is 5.15 Å². The van der Waals surface area contributed by atoms with Crippen molar-refractivity contribution in [1.29, 1.82) is 0 Å². The van der Waals surface area contributed by atoms with Gasteiger partial charge < -0.3 is 9.30 Å². The van der Waals surface area contributed by atoms with Gasteiger partial charge in [0.2, 0.25) is 0 Å². The Balaban J connectivity index is 2.04. The van der Waals surface area contributed by atoms with Crippen molar-refractivity contribution in [2.45, 2.75) is 44.6 Å². The smallest absolute Gasteiger partial charge is 0.150 e. The summed E-state index contributed by atoms with van der Waals surface area (Å²) in [6.45, 7) is 3.93. The van der Waals surface area contributed by atoms with E-state index >= 15 is 0 Å². The first-order valence-corrected chi connectivity index (χ1v) is 6.49. The molecule has 2 aliphatic rings. The lowest BCUT2D eigenvalue weighted by molar-refractivity contribution is 0.192. The Morgan fingerprint density at radius 2 is 2.31 bits per heavy atom. The zero-order valence-electron chi connectivity index (χ0n) is 9.58. The molecule has 16 heavy (non-hydrogen) atoms. The highest BCUT2D eigenvalue weighted by Gasteiger charge is 2.29. The van der Waals surface area contributed by atoms with E-state index in [1.54, 1.807) is 0 Å². The van der Waals surface area contributed by atoms with Gasteiger partial charge in [-0.05, 0) is 32.6 Å². The van der Waals surface area contributed by atoms with Crippen LogP contribution in [-0.4, -0.2) is 22.8 Å². The second kappa shape index (κ2) is 4.04. The maximum Gasteiger partial charge on any atom is 0.150 e. The molecule has 1 saturated heterocycles. The summed E-state index contributed by atoms with van der Waals surface area (Å²) in [4.78, 5) is 4.57. The molecule has 2 aliphatic heterocycles. The quantitative estimate of drug-likeness (QED) is 0.755. The van der Waals surface area contributed by atoms with Crippen LogP contribution in [0, 0.1) is 0 Å². The van der Waals surface area contributed by atoms with E-state index in [4.69, 9.17) is 16.3 Å². The molecule has 1 aromatic rings. The average Bonchev–Trinajstić information content (AvgIpc) is 2.87. The second-order valence-corrected chi connectivity index (χ2v) is 5.24. The van der Waals surface area contributed by atoms with Crippen LogP contribution in [0.3, 0.4) is 0 Å². The van der Waals surface area contributed by atoms with Gasteiger partial charge in [0.25, 0.3) is 0 Å². The van der Waals surface area contributed by atoms with Gasteiger partial charge in [0.05, 0.1) is 12.3 Å². The maximum absolute atomic E-state index is 6.23. The summed E-state index contributed by atoms with van der Waals surface area (Å²) in [6, 6.07) is 0.541. The van der Waals surface area contributed by atoms with Crippen molar-refractivity contribution in [3.05, 3.63) is 16.7 Å². The van der Waals surface area contributed by atoms with Gasteiger partial charge in [-0.2, -0.15) is 0 Å². The van der Waals surface area contributed by atoms with Gasteiger partial charge in [-0.3, -0.25) is 0 Å². The number of ether oxygens (including phenoxy) is 1. The highest BCUT2D eigenvalue weighted by molar-refractivity contribution is 6.30. The number of halogens is 1. The average molecular weight is 241 g/mol. The molecule has 2 atom stereocenters. The molecular weight excluding hydrogens is 224 g/mol. The molecule has 0 radical (unpaired) electrons. The topological polar surface area (TPSA) is 27.1 Å². The lowest BCUT2D eigenvalue weighted by Crippen LogP contribution is -2.19.